The van der Waals surface area contributed by atoms with Crippen LogP contribution in [-0.2, 0) is 6.42 Å². The molecule has 7 heteroatoms. The molecule has 0 aliphatic heterocycles. The lowest BCUT2D eigenvalue weighted by Crippen LogP contribution is -2.17. The van der Waals surface area contributed by atoms with Gasteiger partial charge in [-0.15, -0.1) is 0 Å². The summed E-state index contributed by atoms with van der Waals surface area (Å²) in [6.07, 6.45) is 2.13. The highest BCUT2D eigenvalue weighted by atomic mass is 32.2. The normalized spacial score (nSPS) is 10.5. The topological polar surface area (TPSA) is 99.8 Å². The molecule has 18 heavy (non-hydrogen) atoms. The maximum Gasteiger partial charge on any atom is 0.355 e. The van der Waals surface area contributed by atoms with Crippen LogP contribution in [0.4, 0.5) is 0 Å². The third-order valence-corrected chi connectivity index (χ3v) is 3.10. The van der Waals surface area contributed by atoms with Crippen LogP contribution in [0.2, 0.25) is 0 Å². The van der Waals surface area contributed by atoms with Crippen molar-refractivity contribution in [2.75, 3.05) is 6.26 Å². The molecule has 2 heterocycles. The van der Waals surface area contributed by atoms with Crippen LogP contribution in [0.3, 0.4) is 0 Å². The van der Waals surface area contributed by atoms with Gasteiger partial charge >= 0.3 is 5.63 Å². The Hall–Kier alpha value is -2.07. The number of nitrogens with one attached hydrogen (secondary N) is 1. The minimum absolute atomic E-state index is 0.0241. The van der Waals surface area contributed by atoms with E-state index in [-0.39, 0.29) is 16.7 Å². The van der Waals surface area contributed by atoms with Gasteiger partial charge in [0.05, 0.1) is 0 Å². The zero-order valence-electron chi connectivity index (χ0n) is 9.73. The van der Waals surface area contributed by atoms with Crippen LogP contribution in [0, 0.1) is 11.3 Å². The molecule has 0 amide bonds. The molecule has 92 valence electrons. The molecule has 0 aliphatic rings. The molecule has 1 N–H and O–H groups in total. The first-order valence-electron chi connectivity index (χ1n) is 5.16. The van der Waals surface area contributed by atoms with Crippen LogP contribution in [0.15, 0.2) is 19.2 Å². The van der Waals surface area contributed by atoms with Crippen molar-refractivity contribution in [2.45, 2.75) is 18.5 Å². The van der Waals surface area contributed by atoms with E-state index < -0.39 is 11.2 Å². The van der Waals surface area contributed by atoms with Gasteiger partial charge in [0.2, 0.25) is 5.71 Å². The number of nitrogens with zero attached hydrogens (tertiary/aromatic N) is 2. The van der Waals surface area contributed by atoms with E-state index in [1.165, 1.54) is 11.8 Å². The van der Waals surface area contributed by atoms with E-state index in [0.29, 0.717) is 17.1 Å². The molecular formula is C11H9N3O3S. The smallest absolute Gasteiger partial charge is 0.355 e. The van der Waals surface area contributed by atoms with Crippen molar-refractivity contribution in [3.63, 3.8) is 0 Å². The Morgan fingerprint density at radius 2 is 2.22 bits per heavy atom. The molecule has 0 aliphatic carbocycles. The van der Waals surface area contributed by atoms with E-state index >= 15 is 0 Å². The molecule has 2 aromatic heterocycles. The molecule has 0 spiro atoms. The summed E-state index contributed by atoms with van der Waals surface area (Å²) in [7, 11) is 0. The molecule has 2 aromatic rings. The molecule has 0 atom stereocenters. The second kappa shape index (κ2) is 4.66. The van der Waals surface area contributed by atoms with Crippen molar-refractivity contribution in [1.29, 1.82) is 5.26 Å². The van der Waals surface area contributed by atoms with E-state index in [1.807, 2.05) is 0 Å². The maximum absolute atomic E-state index is 11.9. The fourth-order valence-corrected chi connectivity index (χ4v) is 2.09. The molecule has 0 aromatic carbocycles. The van der Waals surface area contributed by atoms with Gasteiger partial charge in [-0.2, -0.15) is 10.2 Å². The van der Waals surface area contributed by atoms with Gasteiger partial charge in [0.1, 0.15) is 17.0 Å². The summed E-state index contributed by atoms with van der Waals surface area (Å²) in [5.74, 6) is 0. The number of thioether (sulfide) groups is 1. The van der Waals surface area contributed by atoms with Crippen LogP contribution < -0.4 is 11.2 Å². The quantitative estimate of drug-likeness (QED) is 0.641. The molecule has 0 saturated heterocycles. The number of hydrogen-bond donors (Lipinski definition) is 1. The summed E-state index contributed by atoms with van der Waals surface area (Å²) in [6, 6.07) is 1.77. The Bertz CT molecular complexity index is 770. The summed E-state index contributed by atoms with van der Waals surface area (Å²) in [5.41, 5.74) is -0.934. The average Bonchev–Trinajstić information content (AvgIpc) is 2.36. The lowest BCUT2D eigenvalue weighted by molar-refractivity contribution is 0.539. The van der Waals surface area contributed by atoms with Crippen molar-refractivity contribution < 1.29 is 4.42 Å². The van der Waals surface area contributed by atoms with Gasteiger partial charge < -0.3 is 9.40 Å². The van der Waals surface area contributed by atoms with Crippen LogP contribution in [0.25, 0.3) is 11.1 Å². The van der Waals surface area contributed by atoms with Gasteiger partial charge in [-0.25, -0.2) is 4.79 Å². The number of aromatic nitrogens is 2. The molecule has 6 nitrogen and oxygen atoms in total. The van der Waals surface area contributed by atoms with Gasteiger partial charge in [-0.1, -0.05) is 18.7 Å². The van der Waals surface area contributed by atoms with Gasteiger partial charge in [0.25, 0.3) is 5.56 Å². The lowest BCUT2D eigenvalue weighted by Gasteiger charge is -2.04. The monoisotopic (exact) mass is 263 g/mol. The summed E-state index contributed by atoms with van der Waals surface area (Å²) < 4.78 is 4.93. The van der Waals surface area contributed by atoms with Crippen LogP contribution in [-0.4, -0.2) is 16.2 Å². The van der Waals surface area contributed by atoms with Crippen LogP contribution in [0.1, 0.15) is 18.1 Å². The van der Waals surface area contributed by atoms with Gasteiger partial charge in [-0.05, 0) is 18.2 Å². The number of nitriles is 1. The largest absolute Gasteiger partial charge is 0.402 e. The van der Waals surface area contributed by atoms with E-state index in [9.17, 15) is 9.59 Å². The van der Waals surface area contributed by atoms with E-state index in [4.69, 9.17) is 9.68 Å². The third kappa shape index (κ3) is 1.80. The maximum atomic E-state index is 11.9. The predicted octanol–water partition coefficient (Wildman–Crippen LogP) is 1.03. The highest BCUT2D eigenvalue weighted by Gasteiger charge is 2.17. The molecule has 0 unspecified atom stereocenters. The molecule has 0 fully saturated rings. The fraction of sp³-hybridized carbons (Fsp3) is 0.273. The minimum atomic E-state index is -0.757. The summed E-state index contributed by atoms with van der Waals surface area (Å²) in [4.78, 5) is 30.1. The second-order valence-electron chi connectivity index (χ2n) is 3.46. The zero-order valence-corrected chi connectivity index (χ0v) is 10.6. The highest BCUT2D eigenvalue weighted by Crippen LogP contribution is 2.17. The van der Waals surface area contributed by atoms with Crippen LogP contribution >= 0.6 is 11.8 Å². The predicted molar refractivity (Wildman–Crippen MR) is 66.8 cm³/mol. The van der Waals surface area contributed by atoms with Crippen molar-refractivity contribution in [3.05, 3.63) is 31.9 Å². The number of aryl methyl sites for hydroxylation is 1. The first-order chi connectivity index (χ1) is 8.62. The summed E-state index contributed by atoms with van der Waals surface area (Å²) in [6.45, 7) is 1.76. The molecule has 0 radical (unpaired) electrons. The lowest BCUT2D eigenvalue weighted by atomic mass is 10.1. The molecule has 0 bridgehead atoms. The summed E-state index contributed by atoms with van der Waals surface area (Å²) in [5, 5.41) is 9.47. The van der Waals surface area contributed by atoms with Crippen molar-refractivity contribution in [3.8, 4) is 6.07 Å². The van der Waals surface area contributed by atoms with Gasteiger partial charge in [0, 0.05) is 0 Å². The SMILES string of the molecule is CCc1c(C#N)c(=O)oc2nc(SC)[nH]c(=O)c12. The first kappa shape index (κ1) is 12.4. The number of fused-ring (bicyclic) bond motifs is 1. The number of H-pyrrole nitrogens is 1. The van der Waals surface area contributed by atoms with E-state index in [2.05, 4.69) is 9.97 Å². The number of hydrogen-bond acceptors (Lipinski definition) is 6. The fourth-order valence-electron chi connectivity index (χ4n) is 1.72. The standard InChI is InChI=1S/C11H9N3O3S/c1-3-5-6(4-12)10(16)17-9-7(5)8(15)13-11(14-9)18-2/h3H2,1-2H3,(H,13,14,15). The minimum Gasteiger partial charge on any atom is -0.402 e. The third-order valence-electron chi connectivity index (χ3n) is 2.52. The van der Waals surface area contributed by atoms with Crippen molar-refractivity contribution >= 4 is 22.9 Å². The Morgan fingerprint density at radius 3 is 2.78 bits per heavy atom. The van der Waals surface area contributed by atoms with Crippen molar-refractivity contribution in [1.82, 2.24) is 9.97 Å². The Kier molecular flexibility index (Phi) is 3.21. The Balaban J connectivity index is 3.04. The number of rotatable bonds is 2. The Labute approximate surface area is 106 Å². The molecular weight excluding hydrogens is 254 g/mol. The average molecular weight is 263 g/mol. The number of aromatic amines is 1. The van der Waals surface area contributed by atoms with E-state index in [1.54, 1.807) is 19.2 Å². The zero-order chi connectivity index (χ0) is 13.3. The summed E-state index contributed by atoms with van der Waals surface area (Å²) >= 11 is 1.23. The van der Waals surface area contributed by atoms with Crippen molar-refractivity contribution in [2.24, 2.45) is 0 Å². The van der Waals surface area contributed by atoms with E-state index in [0.717, 1.165) is 0 Å². The van der Waals surface area contributed by atoms with Crippen LogP contribution in [0.5, 0.6) is 0 Å². The van der Waals surface area contributed by atoms with Gasteiger partial charge in [0.15, 0.2) is 5.16 Å². The molecule has 2 rings (SSSR count). The first-order valence-corrected chi connectivity index (χ1v) is 6.39. The second-order valence-corrected chi connectivity index (χ2v) is 4.26. The highest BCUT2D eigenvalue weighted by molar-refractivity contribution is 7.98. The Morgan fingerprint density at radius 1 is 1.50 bits per heavy atom. The molecule has 0 saturated carbocycles. The van der Waals surface area contributed by atoms with Gasteiger partial charge in [-0.3, -0.25) is 4.79 Å².